The third-order valence-corrected chi connectivity index (χ3v) is 5.99. The van der Waals surface area contributed by atoms with E-state index in [9.17, 15) is 4.79 Å². The number of carbonyl (C=O) groups is 1. The summed E-state index contributed by atoms with van der Waals surface area (Å²) >= 11 is 1.44. The van der Waals surface area contributed by atoms with Crippen LogP contribution in [-0.2, 0) is 9.53 Å². The van der Waals surface area contributed by atoms with E-state index in [0.717, 1.165) is 42.2 Å². The van der Waals surface area contributed by atoms with Gasteiger partial charge in [-0.25, -0.2) is 0 Å². The fourth-order valence-electron chi connectivity index (χ4n) is 3.25. The van der Waals surface area contributed by atoms with E-state index in [1.807, 2.05) is 37.3 Å². The fourth-order valence-corrected chi connectivity index (χ4v) is 3.99. The number of benzene rings is 1. The quantitative estimate of drug-likeness (QED) is 0.497. The maximum Gasteiger partial charge on any atom is 0.234 e. The zero-order valence-corrected chi connectivity index (χ0v) is 18.5. The first kappa shape index (κ1) is 20.7. The van der Waals surface area contributed by atoms with Gasteiger partial charge in [-0.2, -0.15) is 20.1 Å². The van der Waals surface area contributed by atoms with Crippen molar-refractivity contribution in [2.45, 2.75) is 29.8 Å². The van der Waals surface area contributed by atoms with Crippen LogP contribution in [0.1, 0.15) is 18.5 Å². The van der Waals surface area contributed by atoms with Crippen molar-refractivity contribution in [1.82, 2.24) is 25.1 Å². The molecule has 2 aliphatic rings. The molecule has 0 atom stereocenters. The largest absolute Gasteiger partial charge is 0.378 e. The van der Waals surface area contributed by atoms with E-state index in [0.29, 0.717) is 36.1 Å². The second kappa shape index (κ2) is 9.13. The van der Waals surface area contributed by atoms with Gasteiger partial charge in [0, 0.05) is 41.4 Å². The van der Waals surface area contributed by atoms with Gasteiger partial charge in [0.1, 0.15) is 0 Å². The van der Waals surface area contributed by atoms with Crippen molar-refractivity contribution in [3.8, 4) is 0 Å². The van der Waals surface area contributed by atoms with Gasteiger partial charge in [0.2, 0.25) is 17.8 Å². The van der Waals surface area contributed by atoms with Crippen LogP contribution in [0.4, 0.5) is 23.4 Å². The van der Waals surface area contributed by atoms with Gasteiger partial charge in [0.25, 0.3) is 0 Å². The van der Waals surface area contributed by atoms with E-state index in [-0.39, 0.29) is 11.8 Å². The lowest BCUT2D eigenvalue weighted by Gasteiger charge is -2.27. The highest BCUT2D eigenvalue weighted by Gasteiger charge is 2.29. The molecule has 2 fully saturated rings. The van der Waals surface area contributed by atoms with Gasteiger partial charge in [-0.05, 0) is 55.8 Å². The highest BCUT2D eigenvalue weighted by Crippen LogP contribution is 2.31. The van der Waals surface area contributed by atoms with E-state index >= 15 is 0 Å². The number of hydrogen-bond donors (Lipinski definition) is 3. The molecule has 0 bridgehead atoms. The molecule has 1 saturated heterocycles. The number of aromatic amines is 1. The molecule has 1 amide bonds. The van der Waals surface area contributed by atoms with Gasteiger partial charge in [0.15, 0.2) is 11.0 Å². The zero-order valence-electron chi connectivity index (χ0n) is 17.7. The van der Waals surface area contributed by atoms with Crippen LogP contribution in [0.15, 0.2) is 40.4 Å². The number of H-pyrrole nitrogens is 1. The Labute approximate surface area is 189 Å². The second-order valence-corrected chi connectivity index (χ2v) is 8.83. The molecule has 0 spiro atoms. The Hall–Kier alpha value is -3.18. The minimum Gasteiger partial charge on any atom is -0.378 e. The van der Waals surface area contributed by atoms with Crippen molar-refractivity contribution < 1.29 is 9.53 Å². The summed E-state index contributed by atoms with van der Waals surface area (Å²) in [6, 6.07) is 9.60. The molecule has 11 heteroatoms. The number of aromatic nitrogens is 5. The predicted octanol–water partition coefficient (Wildman–Crippen LogP) is 2.98. The molecule has 0 unspecified atom stereocenters. The summed E-state index contributed by atoms with van der Waals surface area (Å²) in [4.78, 5) is 28.9. The number of aryl methyl sites for hydroxylation is 1. The van der Waals surface area contributed by atoms with Crippen LogP contribution in [0.5, 0.6) is 0 Å². The summed E-state index contributed by atoms with van der Waals surface area (Å²) in [6.07, 6.45) is 1.97. The number of ether oxygens (including phenoxy) is 1. The molecular formula is C21H24N8O2S. The van der Waals surface area contributed by atoms with Crippen molar-refractivity contribution in [1.29, 1.82) is 0 Å². The molecule has 1 saturated carbocycles. The second-order valence-electron chi connectivity index (χ2n) is 7.79. The standard InChI is InChI=1S/C21H24N8O2S/c1-13-12-17(28-27-13)23-19-24-20(29-8-10-31-11-9-29)26-21(25-19)32-16-6-4-15(5-7-16)22-18(30)14-2-3-14/h4-7,12,14H,2-3,8-11H2,1H3,(H,22,30)(H2,23,24,25,26,27,28). The molecule has 3 heterocycles. The molecule has 1 aliphatic carbocycles. The average Bonchev–Trinajstić information content (AvgIpc) is 3.58. The Kier molecular flexibility index (Phi) is 5.91. The summed E-state index contributed by atoms with van der Waals surface area (Å²) < 4.78 is 5.46. The smallest absolute Gasteiger partial charge is 0.234 e. The summed E-state index contributed by atoms with van der Waals surface area (Å²) in [5, 5.41) is 13.8. The Morgan fingerprint density at radius 1 is 1.16 bits per heavy atom. The Morgan fingerprint density at radius 2 is 1.94 bits per heavy atom. The van der Waals surface area contributed by atoms with E-state index in [1.165, 1.54) is 11.8 Å². The lowest BCUT2D eigenvalue weighted by molar-refractivity contribution is -0.117. The van der Waals surface area contributed by atoms with Crippen LogP contribution < -0.4 is 15.5 Å². The summed E-state index contributed by atoms with van der Waals surface area (Å²) in [6.45, 7) is 4.67. The number of nitrogens with one attached hydrogen (secondary N) is 3. The summed E-state index contributed by atoms with van der Waals surface area (Å²) in [5.41, 5.74) is 1.74. The molecule has 2 aromatic heterocycles. The molecule has 166 valence electrons. The molecule has 5 rings (SSSR count). The fraction of sp³-hybridized carbons (Fsp3) is 0.381. The van der Waals surface area contributed by atoms with Crippen molar-refractivity contribution in [3.63, 3.8) is 0 Å². The normalized spacial score (nSPS) is 16.1. The van der Waals surface area contributed by atoms with Crippen molar-refractivity contribution in [2.75, 3.05) is 41.8 Å². The van der Waals surface area contributed by atoms with Gasteiger partial charge in [-0.15, -0.1) is 0 Å². The van der Waals surface area contributed by atoms with Crippen LogP contribution in [0.2, 0.25) is 0 Å². The number of anilines is 4. The minimum absolute atomic E-state index is 0.0994. The van der Waals surface area contributed by atoms with Gasteiger partial charge in [-0.1, -0.05) is 0 Å². The molecular weight excluding hydrogens is 428 g/mol. The first-order valence-corrected chi connectivity index (χ1v) is 11.4. The number of hydrogen-bond acceptors (Lipinski definition) is 9. The van der Waals surface area contributed by atoms with Crippen molar-refractivity contribution >= 4 is 41.1 Å². The van der Waals surface area contributed by atoms with Crippen molar-refractivity contribution in [2.24, 2.45) is 5.92 Å². The maximum absolute atomic E-state index is 12.0. The minimum atomic E-state index is 0.0994. The van der Waals surface area contributed by atoms with Gasteiger partial charge in [0.05, 0.1) is 13.2 Å². The molecule has 10 nitrogen and oxygen atoms in total. The Bertz CT molecular complexity index is 1090. The number of nitrogens with zero attached hydrogens (tertiary/aromatic N) is 5. The number of morpholine rings is 1. The third kappa shape index (κ3) is 5.17. The lowest BCUT2D eigenvalue weighted by atomic mass is 10.3. The highest BCUT2D eigenvalue weighted by molar-refractivity contribution is 7.99. The zero-order chi connectivity index (χ0) is 21.9. The topological polar surface area (TPSA) is 121 Å². The molecule has 3 aromatic rings. The van der Waals surface area contributed by atoms with E-state index < -0.39 is 0 Å². The summed E-state index contributed by atoms with van der Waals surface area (Å²) in [7, 11) is 0. The molecule has 1 aliphatic heterocycles. The average molecular weight is 453 g/mol. The van der Waals surface area contributed by atoms with Crippen LogP contribution in [0, 0.1) is 12.8 Å². The Morgan fingerprint density at radius 3 is 2.62 bits per heavy atom. The summed E-state index contributed by atoms with van der Waals surface area (Å²) in [5.74, 6) is 1.96. The Balaban J connectivity index is 1.35. The number of carbonyl (C=O) groups excluding carboxylic acids is 1. The third-order valence-electron chi connectivity index (χ3n) is 5.12. The first-order valence-electron chi connectivity index (χ1n) is 10.6. The first-order chi connectivity index (χ1) is 15.6. The van der Waals surface area contributed by atoms with Crippen LogP contribution in [0.25, 0.3) is 0 Å². The van der Waals surface area contributed by atoms with Gasteiger partial charge < -0.3 is 20.3 Å². The van der Waals surface area contributed by atoms with Gasteiger partial charge in [-0.3, -0.25) is 9.89 Å². The van der Waals surface area contributed by atoms with Gasteiger partial charge >= 0.3 is 0 Å². The molecule has 32 heavy (non-hydrogen) atoms. The monoisotopic (exact) mass is 452 g/mol. The van der Waals surface area contributed by atoms with E-state index in [2.05, 4.69) is 40.7 Å². The highest BCUT2D eigenvalue weighted by atomic mass is 32.2. The SMILES string of the molecule is Cc1cc(Nc2nc(Sc3ccc(NC(=O)C4CC4)cc3)nc(N3CCOCC3)n2)n[nH]1. The maximum atomic E-state index is 12.0. The van der Waals surface area contributed by atoms with Crippen molar-refractivity contribution in [3.05, 3.63) is 36.0 Å². The van der Waals surface area contributed by atoms with Crippen LogP contribution in [0.3, 0.4) is 0 Å². The number of rotatable bonds is 7. The lowest BCUT2D eigenvalue weighted by Crippen LogP contribution is -2.37. The van der Waals surface area contributed by atoms with Crippen LogP contribution in [-0.4, -0.2) is 57.4 Å². The molecule has 3 N–H and O–H groups in total. The van der Waals surface area contributed by atoms with Crippen LogP contribution >= 0.6 is 11.8 Å². The van der Waals surface area contributed by atoms with E-state index in [4.69, 9.17) is 4.74 Å². The molecule has 1 aromatic carbocycles. The van der Waals surface area contributed by atoms with E-state index in [1.54, 1.807) is 0 Å². The molecule has 0 radical (unpaired) electrons. The predicted molar refractivity (Wildman–Crippen MR) is 121 cm³/mol. The number of amides is 1.